The van der Waals surface area contributed by atoms with E-state index in [2.05, 4.69) is 15.9 Å². The number of carbonyl (C=O) groups is 1. The first-order chi connectivity index (χ1) is 8.97. The molecule has 3 nitrogen and oxygen atoms in total. The molecule has 1 fully saturated rings. The molecule has 1 saturated heterocycles. The van der Waals surface area contributed by atoms with Crippen molar-refractivity contribution in [3.05, 3.63) is 34.1 Å². The molecule has 0 radical (unpaired) electrons. The molecule has 1 aromatic carbocycles. The molecule has 1 unspecified atom stereocenters. The standard InChI is InChI=1S/C13H14BrFN2OS/c14-10-4-9(5-11(15)6-10)13(18)17-3-1-2-8(7-17)12(16)19/h4-6,8H,1-3,7H2,(H2,16,19). The maximum atomic E-state index is 13.3. The summed E-state index contributed by atoms with van der Waals surface area (Å²) < 4.78 is 13.9. The molecule has 102 valence electrons. The molecule has 6 heteroatoms. The molecule has 1 aromatic rings. The number of carbonyl (C=O) groups excluding carboxylic acids is 1. The van der Waals surface area contributed by atoms with E-state index in [9.17, 15) is 9.18 Å². The molecule has 0 spiro atoms. The summed E-state index contributed by atoms with van der Waals surface area (Å²) in [5.41, 5.74) is 5.99. The van der Waals surface area contributed by atoms with Gasteiger partial charge < -0.3 is 10.6 Å². The van der Waals surface area contributed by atoms with Gasteiger partial charge in [-0.25, -0.2) is 4.39 Å². The number of piperidine rings is 1. The fraction of sp³-hybridized carbons (Fsp3) is 0.385. The molecule has 1 heterocycles. The molecule has 1 atom stereocenters. The minimum absolute atomic E-state index is 0.0599. The van der Waals surface area contributed by atoms with Crippen LogP contribution in [0.3, 0.4) is 0 Å². The Hall–Kier alpha value is -1.01. The van der Waals surface area contributed by atoms with E-state index in [1.54, 1.807) is 11.0 Å². The quantitative estimate of drug-likeness (QED) is 0.839. The highest BCUT2D eigenvalue weighted by Gasteiger charge is 2.26. The lowest BCUT2D eigenvalue weighted by Crippen LogP contribution is -2.43. The highest BCUT2D eigenvalue weighted by Crippen LogP contribution is 2.21. The van der Waals surface area contributed by atoms with E-state index in [0.717, 1.165) is 12.8 Å². The van der Waals surface area contributed by atoms with Crippen LogP contribution in [0.15, 0.2) is 22.7 Å². The van der Waals surface area contributed by atoms with E-state index >= 15 is 0 Å². The van der Waals surface area contributed by atoms with Crippen molar-refractivity contribution >= 4 is 39.0 Å². The van der Waals surface area contributed by atoms with Crippen LogP contribution in [0.2, 0.25) is 0 Å². The predicted molar refractivity (Wildman–Crippen MR) is 79.5 cm³/mol. The summed E-state index contributed by atoms with van der Waals surface area (Å²) in [5.74, 6) is -0.550. The first-order valence-corrected chi connectivity index (χ1v) is 7.22. The van der Waals surface area contributed by atoms with Crippen molar-refractivity contribution in [3.8, 4) is 0 Å². The first-order valence-electron chi connectivity index (χ1n) is 6.02. The number of thiocarbonyl (C=S) groups is 1. The molecular weight excluding hydrogens is 331 g/mol. The van der Waals surface area contributed by atoms with Crippen LogP contribution in [-0.4, -0.2) is 28.9 Å². The Kier molecular flexibility index (Phi) is 4.52. The second kappa shape index (κ2) is 5.96. The van der Waals surface area contributed by atoms with Crippen LogP contribution in [0, 0.1) is 11.7 Å². The zero-order chi connectivity index (χ0) is 14.0. The smallest absolute Gasteiger partial charge is 0.254 e. The van der Waals surface area contributed by atoms with Crippen LogP contribution < -0.4 is 5.73 Å². The maximum absolute atomic E-state index is 13.3. The zero-order valence-corrected chi connectivity index (χ0v) is 12.6. The number of likely N-dealkylation sites (tertiary alicyclic amines) is 1. The lowest BCUT2D eigenvalue weighted by Gasteiger charge is -2.32. The fourth-order valence-corrected chi connectivity index (χ4v) is 2.91. The largest absolute Gasteiger partial charge is 0.393 e. The van der Waals surface area contributed by atoms with Gasteiger partial charge in [-0.1, -0.05) is 28.1 Å². The van der Waals surface area contributed by atoms with Gasteiger partial charge in [-0.05, 0) is 31.0 Å². The minimum atomic E-state index is -0.430. The van der Waals surface area contributed by atoms with Crippen LogP contribution in [0.1, 0.15) is 23.2 Å². The second-order valence-corrected chi connectivity index (χ2v) is 6.04. The third-order valence-corrected chi connectivity index (χ3v) is 4.01. The van der Waals surface area contributed by atoms with Gasteiger partial charge in [0.1, 0.15) is 5.82 Å². The van der Waals surface area contributed by atoms with Crippen LogP contribution in [-0.2, 0) is 0 Å². The van der Waals surface area contributed by atoms with E-state index in [-0.39, 0.29) is 11.8 Å². The highest BCUT2D eigenvalue weighted by atomic mass is 79.9. The van der Waals surface area contributed by atoms with E-state index < -0.39 is 5.82 Å². The summed E-state index contributed by atoms with van der Waals surface area (Å²) in [5, 5.41) is 0. The third kappa shape index (κ3) is 3.51. The number of hydrogen-bond donors (Lipinski definition) is 1. The minimum Gasteiger partial charge on any atom is -0.393 e. The Morgan fingerprint density at radius 3 is 2.84 bits per heavy atom. The molecule has 2 rings (SSSR count). The van der Waals surface area contributed by atoms with E-state index in [4.69, 9.17) is 18.0 Å². The average molecular weight is 345 g/mol. The number of nitrogens with two attached hydrogens (primary N) is 1. The topological polar surface area (TPSA) is 46.3 Å². The van der Waals surface area contributed by atoms with Gasteiger partial charge in [0, 0.05) is 29.0 Å². The molecule has 0 aliphatic carbocycles. The van der Waals surface area contributed by atoms with Gasteiger partial charge in [-0.3, -0.25) is 4.79 Å². The molecule has 0 aromatic heterocycles. The molecule has 1 aliphatic heterocycles. The van der Waals surface area contributed by atoms with Crippen molar-refractivity contribution in [1.82, 2.24) is 4.90 Å². The van der Waals surface area contributed by atoms with Gasteiger partial charge in [-0.15, -0.1) is 0 Å². The van der Waals surface area contributed by atoms with E-state index in [0.29, 0.717) is 28.1 Å². The molecule has 0 bridgehead atoms. The lowest BCUT2D eigenvalue weighted by molar-refractivity contribution is 0.0703. The number of benzene rings is 1. The van der Waals surface area contributed by atoms with Crippen molar-refractivity contribution in [2.24, 2.45) is 11.7 Å². The molecule has 0 saturated carbocycles. The van der Waals surface area contributed by atoms with Crippen LogP contribution in [0.4, 0.5) is 4.39 Å². The molecular formula is C13H14BrFN2OS. The lowest BCUT2D eigenvalue weighted by atomic mass is 9.97. The summed E-state index contributed by atoms with van der Waals surface area (Å²) in [7, 11) is 0. The van der Waals surface area contributed by atoms with Crippen molar-refractivity contribution < 1.29 is 9.18 Å². The normalized spacial score (nSPS) is 19.3. The Morgan fingerprint density at radius 2 is 2.21 bits per heavy atom. The van der Waals surface area contributed by atoms with Gasteiger partial charge in [0.15, 0.2) is 0 Å². The van der Waals surface area contributed by atoms with Gasteiger partial charge in [-0.2, -0.15) is 0 Å². The maximum Gasteiger partial charge on any atom is 0.254 e. The number of nitrogens with zero attached hydrogens (tertiary/aromatic N) is 1. The second-order valence-electron chi connectivity index (χ2n) is 4.65. The average Bonchev–Trinajstić information content (AvgIpc) is 2.37. The summed E-state index contributed by atoms with van der Waals surface area (Å²) in [6, 6.07) is 4.19. The summed E-state index contributed by atoms with van der Waals surface area (Å²) in [6.07, 6.45) is 1.77. The van der Waals surface area contributed by atoms with Gasteiger partial charge >= 0.3 is 0 Å². The zero-order valence-electron chi connectivity index (χ0n) is 10.2. The molecule has 1 amide bonds. The van der Waals surface area contributed by atoms with Gasteiger partial charge in [0.25, 0.3) is 5.91 Å². The highest BCUT2D eigenvalue weighted by molar-refractivity contribution is 9.10. The van der Waals surface area contributed by atoms with Crippen molar-refractivity contribution in [2.45, 2.75) is 12.8 Å². The fourth-order valence-electron chi connectivity index (χ4n) is 2.25. The molecule has 1 aliphatic rings. The summed E-state index contributed by atoms with van der Waals surface area (Å²) in [4.78, 5) is 14.5. The number of halogens is 2. The Morgan fingerprint density at radius 1 is 1.47 bits per heavy atom. The third-order valence-electron chi connectivity index (χ3n) is 3.22. The van der Waals surface area contributed by atoms with Crippen molar-refractivity contribution in [1.29, 1.82) is 0 Å². The Labute approximate surface area is 125 Å². The molecule has 2 N–H and O–H groups in total. The van der Waals surface area contributed by atoms with Crippen LogP contribution >= 0.6 is 28.1 Å². The number of amides is 1. The van der Waals surface area contributed by atoms with Gasteiger partial charge in [0.2, 0.25) is 0 Å². The van der Waals surface area contributed by atoms with Crippen LogP contribution in [0.5, 0.6) is 0 Å². The van der Waals surface area contributed by atoms with Crippen molar-refractivity contribution in [3.63, 3.8) is 0 Å². The molecule has 19 heavy (non-hydrogen) atoms. The van der Waals surface area contributed by atoms with E-state index in [1.165, 1.54) is 12.1 Å². The monoisotopic (exact) mass is 344 g/mol. The van der Waals surface area contributed by atoms with Gasteiger partial charge in [0.05, 0.1) is 4.99 Å². The Bertz CT molecular complexity index is 503. The number of rotatable bonds is 2. The van der Waals surface area contributed by atoms with Crippen LogP contribution in [0.25, 0.3) is 0 Å². The predicted octanol–water partition coefficient (Wildman–Crippen LogP) is 2.73. The van der Waals surface area contributed by atoms with E-state index in [1.807, 2.05) is 0 Å². The van der Waals surface area contributed by atoms with Crippen molar-refractivity contribution in [2.75, 3.05) is 13.1 Å². The number of hydrogen-bond acceptors (Lipinski definition) is 2. The first kappa shape index (κ1) is 14.4. The summed E-state index contributed by atoms with van der Waals surface area (Å²) in [6.45, 7) is 1.17. The SMILES string of the molecule is NC(=S)C1CCCN(C(=O)c2cc(F)cc(Br)c2)C1. The Balaban J connectivity index is 2.16. The summed E-state index contributed by atoms with van der Waals surface area (Å²) >= 11 is 8.17.